The van der Waals surface area contributed by atoms with Gasteiger partial charge in [-0.05, 0) is 48.9 Å². The number of nitriles is 1. The summed E-state index contributed by atoms with van der Waals surface area (Å²) in [4.78, 5) is 31.1. The van der Waals surface area contributed by atoms with Gasteiger partial charge in [0.05, 0.1) is 36.0 Å². The van der Waals surface area contributed by atoms with E-state index in [4.69, 9.17) is 15.4 Å². The van der Waals surface area contributed by atoms with E-state index in [9.17, 15) is 9.59 Å². The lowest BCUT2D eigenvalue weighted by Crippen LogP contribution is -2.41. The number of aromatic nitrogens is 3. The lowest BCUT2D eigenvalue weighted by Gasteiger charge is -2.28. The second kappa shape index (κ2) is 7.80. The van der Waals surface area contributed by atoms with Gasteiger partial charge in [0, 0.05) is 17.8 Å². The van der Waals surface area contributed by atoms with Gasteiger partial charge in [0.25, 0.3) is 5.91 Å². The molecule has 5 rings (SSSR count). The zero-order chi connectivity index (χ0) is 23.1. The molecule has 0 fully saturated rings. The number of nitrogens with two attached hydrogens (primary N) is 1. The summed E-state index contributed by atoms with van der Waals surface area (Å²) in [6, 6.07) is 12.0. The van der Waals surface area contributed by atoms with E-state index in [-0.39, 0.29) is 18.1 Å². The van der Waals surface area contributed by atoms with Crippen molar-refractivity contribution < 1.29 is 14.0 Å². The molecule has 0 spiro atoms. The highest BCUT2D eigenvalue weighted by Crippen LogP contribution is 2.31. The molecule has 0 bridgehead atoms. The van der Waals surface area contributed by atoms with Crippen molar-refractivity contribution in [2.24, 2.45) is 5.73 Å². The van der Waals surface area contributed by atoms with Crippen LogP contribution in [0.1, 0.15) is 27.2 Å². The van der Waals surface area contributed by atoms with Crippen molar-refractivity contribution in [3.63, 3.8) is 0 Å². The minimum atomic E-state index is -0.612. The van der Waals surface area contributed by atoms with Gasteiger partial charge in [-0.15, -0.1) is 0 Å². The van der Waals surface area contributed by atoms with Gasteiger partial charge in [-0.1, -0.05) is 0 Å². The summed E-state index contributed by atoms with van der Waals surface area (Å²) in [6.45, 7) is 2.90. The average Bonchev–Trinajstić information content (AvgIpc) is 3.44. The Morgan fingerprint density at radius 1 is 1.21 bits per heavy atom. The fourth-order valence-corrected chi connectivity index (χ4v) is 4.06. The number of carbonyl (C=O) groups excluding carboxylic acids is 2. The van der Waals surface area contributed by atoms with Crippen LogP contribution in [0.5, 0.6) is 0 Å². The first-order valence-corrected chi connectivity index (χ1v) is 10.2. The topological polar surface area (TPSA) is 143 Å². The maximum atomic E-state index is 12.8. The van der Waals surface area contributed by atoms with E-state index in [1.807, 2.05) is 25.1 Å². The molecule has 0 saturated carbocycles. The van der Waals surface area contributed by atoms with Crippen molar-refractivity contribution in [1.29, 1.82) is 5.26 Å². The van der Waals surface area contributed by atoms with Crippen LogP contribution in [0.15, 0.2) is 47.2 Å². The molecule has 164 valence electrons. The third-order valence-electron chi connectivity index (χ3n) is 5.67. The van der Waals surface area contributed by atoms with Crippen LogP contribution in [0.2, 0.25) is 0 Å². The third-order valence-corrected chi connectivity index (χ3v) is 5.67. The Bertz CT molecular complexity index is 1440. The summed E-state index contributed by atoms with van der Waals surface area (Å²) in [5.74, 6) is -0.612. The van der Waals surface area contributed by atoms with Crippen LogP contribution < -0.4 is 11.1 Å². The molecular formula is C23H19N7O3. The third kappa shape index (κ3) is 3.55. The molecule has 0 atom stereocenters. The first-order chi connectivity index (χ1) is 15.9. The fraction of sp³-hybridized carbons (Fsp3) is 0.174. The van der Waals surface area contributed by atoms with Gasteiger partial charge in [-0.25, -0.2) is 9.78 Å². The average molecular weight is 441 g/mol. The standard InChI is InChI=1S/C23H19N7O3/c1-13-8-15(9-17-21(13)33-12-26-17)20-19(22(25)31)18-11-29(6-7-30(18)28-20)23(32)27-16-4-2-14(10-24)3-5-16/h2-5,8-9,12H,6-7,11H2,1H3,(H2,25,31)(H,27,32). The molecule has 10 nitrogen and oxygen atoms in total. The number of rotatable bonds is 3. The molecule has 2 aromatic carbocycles. The number of primary amides is 1. The predicted octanol–water partition coefficient (Wildman–Crippen LogP) is 3.02. The number of nitrogens with one attached hydrogen (secondary N) is 1. The lowest BCUT2D eigenvalue weighted by molar-refractivity contribution is 0.0997. The largest absolute Gasteiger partial charge is 0.443 e. The first kappa shape index (κ1) is 20.3. The second-order valence-corrected chi connectivity index (χ2v) is 7.79. The smallest absolute Gasteiger partial charge is 0.322 e. The van der Waals surface area contributed by atoms with E-state index in [1.54, 1.807) is 33.8 Å². The Hall–Kier alpha value is -4.65. The van der Waals surface area contributed by atoms with Crippen LogP contribution >= 0.6 is 0 Å². The second-order valence-electron chi connectivity index (χ2n) is 7.79. The minimum Gasteiger partial charge on any atom is -0.443 e. The van der Waals surface area contributed by atoms with Crippen molar-refractivity contribution >= 4 is 28.7 Å². The number of benzene rings is 2. The Morgan fingerprint density at radius 2 is 2.00 bits per heavy atom. The van der Waals surface area contributed by atoms with Crippen LogP contribution in [0, 0.1) is 18.3 Å². The molecule has 0 unspecified atom stereocenters. The summed E-state index contributed by atoms with van der Waals surface area (Å²) in [6.07, 6.45) is 1.37. The highest BCUT2D eigenvalue weighted by Gasteiger charge is 2.30. The van der Waals surface area contributed by atoms with Crippen LogP contribution in [-0.4, -0.2) is 38.1 Å². The lowest BCUT2D eigenvalue weighted by atomic mass is 10.0. The highest BCUT2D eigenvalue weighted by molar-refractivity contribution is 6.01. The Kier molecular flexibility index (Phi) is 4.79. The van der Waals surface area contributed by atoms with Gasteiger partial charge < -0.3 is 20.4 Å². The molecular weight excluding hydrogens is 422 g/mol. The first-order valence-electron chi connectivity index (χ1n) is 10.2. The van der Waals surface area contributed by atoms with Gasteiger partial charge in [0.1, 0.15) is 11.2 Å². The Labute approximate surface area is 188 Å². The molecule has 0 saturated heterocycles. The molecule has 1 aliphatic heterocycles. The van der Waals surface area contributed by atoms with Gasteiger partial charge >= 0.3 is 6.03 Å². The van der Waals surface area contributed by atoms with Gasteiger partial charge in [-0.3, -0.25) is 9.48 Å². The van der Waals surface area contributed by atoms with E-state index in [0.717, 1.165) is 5.56 Å². The van der Waals surface area contributed by atoms with Crippen LogP contribution in [0.4, 0.5) is 10.5 Å². The maximum Gasteiger partial charge on any atom is 0.322 e. The monoisotopic (exact) mass is 441 g/mol. The van der Waals surface area contributed by atoms with Gasteiger partial charge in [0.2, 0.25) is 0 Å². The molecule has 0 aliphatic carbocycles. The molecule has 3 heterocycles. The molecule has 3 amide bonds. The molecule has 4 aromatic rings. The van der Waals surface area contributed by atoms with Gasteiger partial charge in [0.15, 0.2) is 12.0 Å². The van der Waals surface area contributed by atoms with E-state index >= 15 is 0 Å². The number of nitrogens with zero attached hydrogens (tertiary/aromatic N) is 5. The molecule has 10 heteroatoms. The van der Waals surface area contributed by atoms with E-state index in [2.05, 4.69) is 15.4 Å². The van der Waals surface area contributed by atoms with Crippen LogP contribution in [0.25, 0.3) is 22.4 Å². The number of urea groups is 1. The predicted molar refractivity (Wildman–Crippen MR) is 119 cm³/mol. The maximum absolute atomic E-state index is 12.8. The number of oxazole rings is 1. The van der Waals surface area contributed by atoms with E-state index in [0.29, 0.717) is 52.4 Å². The van der Waals surface area contributed by atoms with Crippen LogP contribution in [0.3, 0.4) is 0 Å². The zero-order valence-corrected chi connectivity index (χ0v) is 17.7. The molecule has 1 aliphatic rings. The number of anilines is 1. The summed E-state index contributed by atoms with van der Waals surface area (Å²) in [5.41, 5.74) is 11.1. The van der Waals surface area contributed by atoms with Crippen molar-refractivity contribution in [2.75, 3.05) is 11.9 Å². The summed E-state index contributed by atoms with van der Waals surface area (Å²) >= 11 is 0. The summed E-state index contributed by atoms with van der Waals surface area (Å²) in [5, 5.41) is 16.4. The highest BCUT2D eigenvalue weighted by atomic mass is 16.3. The number of fused-ring (bicyclic) bond motifs is 2. The number of hydrogen-bond acceptors (Lipinski definition) is 6. The summed E-state index contributed by atoms with van der Waals surface area (Å²) in [7, 11) is 0. The Morgan fingerprint density at radius 3 is 2.73 bits per heavy atom. The quantitative estimate of drug-likeness (QED) is 0.500. The van der Waals surface area contributed by atoms with Crippen molar-refractivity contribution in [2.45, 2.75) is 20.0 Å². The molecule has 3 N–H and O–H groups in total. The van der Waals surface area contributed by atoms with Crippen molar-refractivity contribution in [1.82, 2.24) is 19.7 Å². The van der Waals surface area contributed by atoms with Crippen molar-refractivity contribution in [3.05, 3.63) is 65.2 Å². The number of amides is 3. The normalized spacial score (nSPS) is 12.9. The molecule has 0 radical (unpaired) electrons. The van der Waals surface area contributed by atoms with E-state index in [1.165, 1.54) is 6.39 Å². The number of hydrogen-bond donors (Lipinski definition) is 2. The van der Waals surface area contributed by atoms with Crippen LogP contribution in [-0.2, 0) is 13.1 Å². The van der Waals surface area contributed by atoms with Gasteiger partial charge in [-0.2, -0.15) is 10.4 Å². The Balaban J connectivity index is 1.46. The SMILES string of the molecule is Cc1cc(-c2nn3c(c2C(N)=O)CN(C(=O)Nc2ccc(C#N)cc2)CC3)cc2ncoc12. The minimum absolute atomic E-state index is 0.179. The molecule has 33 heavy (non-hydrogen) atoms. The van der Waals surface area contributed by atoms with E-state index < -0.39 is 5.91 Å². The summed E-state index contributed by atoms with van der Waals surface area (Å²) < 4.78 is 7.13. The van der Waals surface area contributed by atoms with Crippen molar-refractivity contribution in [3.8, 4) is 17.3 Å². The number of carbonyl (C=O) groups is 2. The molecule has 2 aromatic heterocycles. The fourth-order valence-electron chi connectivity index (χ4n) is 4.06. The zero-order valence-electron chi connectivity index (χ0n) is 17.7. The number of aryl methyl sites for hydroxylation is 1.